The van der Waals surface area contributed by atoms with Crippen LogP contribution in [-0.4, -0.2) is 48.1 Å². The average molecular weight is 501 g/mol. The van der Waals surface area contributed by atoms with E-state index in [-0.39, 0.29) is 30.3 Å². The second-order valence-corrected chi connectivity index (χ2v) is 10.8. The monoisotopic (exact) mass is 500 g/mol. The predicted molar refractivity (Wildman–Crippen MR) is 139 cm³/mol. The van der Waals surface area contributed by atoms with E-state index in [0.717, 1.165) is 24.8 Å². The van der Waals surface area contributed by atoms with Gasteiger partial charge in [-0.15, -0.1) is 0 Å². The Balaban J connectivity index is 1.61. The van der Waals surface area contributed by atoms with Gasteiger partial charge in [0, 0.05) is 6.54 Å². The summed E-state index contributed by atoms with van der Waals surface area (Å²) in [6.45, 7) is 9.18. The molecule has 3 rings (SSSR count). The van der Waals surface area contributed by atoms with Crippen molar-refractivity contribution in [3.8, 4) is 0 Å². The molecule has 2 aliphatic rings. The van der Waals surface area contributed by atoms with E-state index in [0.29, 0.717) is 25.9 Å². The van der Waals surface area contributed by atoms with Crippen LogP contribution in [0.15, 0.2) is 30.3 Å². The fraction of sp³-hybridized carbons (Fsp3) is 0.690. The molecule has 7 nitrogen and oxygen atoms in total. The van der Waals surface area contributed by atoms with Crippen LogP contribution in [0.2, 0.25) is 0 Å². The number of benzene rings is 1. The van der Waals surface area contributed by atoms with Gasteiger partial charge in [0.15, 0.2) is 6.23 Å². The first-order valence-corrected chi connectivity index (χ1v) is 13.8. The van der Waals surface area contributed by atoms with Crippen LogP contribution in [0.25, 0.3) is 0 Å². The number of unbranched alkanes of at least 4 members (excludes halogenated alkanes) is 4. The minimum atomic E-state index is -0.816. The minimum absolute atomic E-state index is 0.101. The number of nitrogens with one attached hydrogen (secondary N) is 1. The highest BCUT2D eigenvalue weighted by Gasteiger charge is 2.58. The minimum Gasteiger partial charge on any atom is -0.459 e. The van der Waals surface area contributed by atoms with Crippen LogP contribution in [0, 0.1) is 17.3 Å². The van der Waals surface area contributed by atoms with E-state index in [1.807, 2.05) is 51.1 Å². The highest BCUT2D eigenvalue weighted by Crippen LogP contribution is 2.44. The molecule has 0 radical (unpaired) electrons. The Morgan fingerprint density at radius 3 is 2.47 bits per heavy atom. The molecule has 2 aliphatic heterocycles. The number of likely N-dealkylation sites (tertiary alicyclic amines) is 1. The van der Waals surface area contributed by atoms with Crippen molar-refractivity contribution in [1.29, 1.82) is 0 Å². The zero-order chi connectivity index (χ0) is 26.1. The van der Waals surface area contributed by atoms with Gasteiger partial charge in [-0.2, -0.15) is 0 Å². The topological polar surface area (TPSA) is 84.9 Å². The summed E-state index contributed by atoms with van der Waals surface area (Å²) >= 11 is 0. The molecular weight excluding hydrogens is 456 g/mol. The summed E-state index contributed by atoms with van der Waals surface area (Å²) in [5.41, 5.74) is 0.0904. The van der Waals surface area contributed by atoms with Gasteiger partial charge in [0.25, 0.3) is 0 Å². The fourth-order valence-corrected chi connectivity index (χ4v) is 5.44. The molecule has 0 aliphatic carbocycles. The normalized spacial score (nSPS) is 23.3. The lowest BCUT2D eigenvalue weighted by Crippen LogP contribution is -2.51. The number of nitrogens with zero attached hydrogens (tertiary/aromatic N) is 1. The Morgan fingerprint density at radius 1 is 1.06 bits per heavy atom. The molecule has 7 heteroatoms. The van der Waals surface area contributed by atoms with E-state index in [1.165, 1.54) is 19.3 Å². The van der Waals surface area contributed by atoms with Crippen molar-refractivity contribution in [3.05, 3.63) is 35.9 Å². The fourth-order valence-electron chi connectivity index (χ4n) is 5.44. The molecule has 4 atom stereocenters. The van der Waals surface area contributed by atoms with Crippen molar-refractivity contribution in [2.75, 3.05) is 13.1 Å². The molecule has 2 fully saturated rings. The summed E-state index contributed by atoms with van der Waals surface area (Å²) in [5.74, 6) is -1.06. The summed E-state index contributed by atoms with van der Waals surface area (Å²) < 4.78 is 11.5. The maximum absolute atomic E-state index is 13.8. The van der Waals surface area contributed by atoms with E-state index in [4.69, 9.17) is 9.47 Å². The van der Waals surface area contributed by atoms with Crippen LogP contribution in [0.5, 0.6) is 0 Å². The van der Waals surface area contributed by atoms with E-state index in [1.54, 1.807) is 4.90 Å². The highest BCUT2D eigenvalue weighted by molar-refractivity contribution is 5.91. The second-order valence-electron chi connectivity index (χ2n) is 10.8. The van der Waals surface area contributed by atoms with Crippen molar-refractivity contribution in [2.24, 2.45) is 17.3 Å². The molecule has 0 aromatic heterocycles. The Labute approximate surface area is 216 Å². The lowest BCUT2D eigenvalue weighted by molar-refractivity contribution is -0.167. The van der Waals surface area contributed by atoms with Crippen molar-refractivity contribution < 1.29 is 23.9 Å². The van der Waals surface area contributed by atoms with E-state index < -0.39 is 23.7 Å². The number of rotatable bonds is 13. The van der Waals surface area contributed by atoms with Gasteiger partial charge in [-0.25, -0.2) is 4.79 Å². The Hall–Kier alpha value is -2.41. The maximum atomic E-state index is 13.8. The van der Waals surface area contributed by atoms with Crippen molar-refractivity contribution >= 4 is 17.8 Å². The standard InChI is InChI=1S/C29H44N2O5/c1-5-6-7-8-10-13-22(4)25(32)36-27-29(16-18-30-27)17-19-31(28(29)34)24(21(2)3)26(33)35-20-23-14-11-9-12-15-23/h9,11-12,14-15,21-22,24,27,30H,5-8,10,13,16-20H2,1-4H3/t22?,24-,27?,29-/m0/s1. The van der Waals surface area contributed by atoms with Crippen LogP contribution in [0.4, 0.5) is 0 Å². The smallest absolute Gasteiger partial charge is 0.329 e. The number of carbonyl (C=O) groups excluding carboxylic acids is 3. The van der Waals surface area contributed by atoms with E-state index in [2.05, 4.69) is 12.2 Å². The number of ether oxygens (including phenoxy) is 2. The molecule has 2 unspecified atom stereocenters. The van der Waals surface area contributed by atoms with Gasteiger partial charge in [0.1, 0.15) is 18.1 Å². The summed E-state index contributed by atoms with van der Waals surface area (Å²) in [6.07, 6.45) is 7.04. The first-order valence-electron chi connectivity index (χ1n) is 13.8. The third kappa shape index (κ3) is 6.67. The average Bonchev–Trinajstić information content (AvgIpc) is 3.42. The van der Waals surface area contributed by atoms with Crippen LogP contribution in [0.3, 0.4) is 0 Å². The van der Waals surface area contributed by atoms with Crippen molar-refractivity contribution in [2.45, 2.75) is 97.9 Å². The molecule has 0 saturated carbocycles. The van der Waals surface area contributed by atoms with E-state index >= 15 is 0 Å². The molecule has 1 N–H and O–H groups in total. The second kappa shape index (κ2) is 13.2. The van der Waals surface area contributed by atoms with E-state index in [9.17, 15) is 14.4 Å². The van der Waals surface area contributed by atoms with Gasteiger partial charge >= 0.3 is 11.9 Å². The molecular formula is C29H44N2O5. The van der Waals surface area contributed by atoms with Gasteiger partial charge in [-0.3, -0.25) is 14.9 Å². The third-order valence-electron chi connectivity index (χ3n) is 7.70. The number of hydrogen-bond acceptors (Lipinski definition) is 6. The predicted octanol–water partition coefficient (Wildman–Crippen LogP) is 4.83. The van der Waals surface area contributed by atoms with Gasteiger partial charge < -0.3 is 14.4 Å². The summed E-state index contributed by atoms with van der Waals surface area (Å²) in [7, 11) is 0. The Morgan fingerprint density at radius 2 is 1.78 bits per heavy atom. The molecule has 2 saturated heterocycles. The lowest BCUT2D eigenvalue weighted by Gasteiger charge is -2.33. The summed E-state index contributed by atoms with van der Waals surface area (Å²) in [6, 6.07) is 8.86. The van der Waals surface area contributed by atoms with Crippen LogP contribution in [-0.2, 0) is 30.5 Å². The molecule has 1 aromatic carbocycles. The van der Waals surface area contributed by atoms with Crippen LogP contribution in [0.1, 0.15) is 84.6 Å². The van der Waals surface area contributed by atoms with Crippen molar-refractivity contribution in [1.82, 2.24) is 10.2 Å². The van der Waals surface area contributed by atoms with Gasteiger partial charge in [0.2, 0.25) is 5.91 Å². The maximum Gasteiger partial charge on any atom is 0.329 e. The molecule has 200 valence electrons. The van der Waals surface area contributed by atoms with Crippen LogP contribution >= 0.6 is 0 Å². The number of hydrogen-bond donors (Lipinski definition) is 1. The quantitative estimate of drug-likeness (QED) is 0.308. The Bertz CT molecular complexity index is 874. The van der Waals surface area contributed by atoms with Gasteiger partial charge in [-0.05, 0) is 37.3 Å². The first-order chi connectivity index (χ1) is 17.3. The summed E-state index contributed by atoms with van der Waals surface area (Å²) in [5, 5.41) is 3.25. The molecule has 2 heterocycles. The SMILES string of the molecule is CCCCCCCC(C)C(=O)OC1NCC[C@]12CCN([C@H](C(=O)OCc1ccccc1)C(C)C)C2=O. The number of carbonyl (C=O) groups is 3. The number of amides is 1. The molecule has 1 aromatic rings. The van der Waals surface area contributed by atoms with Gasteiger partial charge in [0.05, 0.1) is 5.92 Å². The molecule has 1 amide bonds. The zero-order valence-corrected chi connectivity index (χ0v) is 22.5. The molecule has 36 heavy (non-hydrogen) atoms. The molecule has 0 bridgehead atoms. The number of esters is 2. The largest absolute Gasteiger partial charge is 0.459 e. The lowest BCUT2D eigenvalue weighted by atomic mass is 9.83. The van der Waals surface area contributed by atoms with Crippen molar-refractivity contribution in [3.63, 3.8) is 0 Å². The van der Waals surface area contributed by atoms with Gasteiger partial charge in [-0.1, -0.05) is 90.1 Å². The van der Waals surface area contributed by atoms with Crippen LogP contribution < -0.4 is 5.32 Å². The highest BCUT2D eigenvalue weighted by atomic mass is 16.6. The first kappa shape index (κ1) is 28.2. The third-order valence-corrected chi connectivity index (χ3v) is 7.70. The molecule has 1 spiro atoms. The zero-order valence-electron chi connectivity index (χ0n) is 22.5. The summed E-state index contributed by atoms with van der Waals surface area (Å²) in [4.78, 5) is 41.4. The Kier molecular flexibility index (Phi) is 10.3.